The quantitative estimate of drug-likeness (QED) is 0.846. The van der Waals surface area contributed by atoms with Crippen LogP contribution in [0.5, 0.6) is 0 Å². The highest BCUT2D eigenvalue weighted by Gasteiger charge is 2.22. The molecule has 2 heterocycles. The van der Waals surface area contributed by atoms with Gasteiger partial charge in [-0.2, -0.15) is 0 Å². The Hall–Kier alpha value is -1.89. The highest BCUT2D eigenvalue weighted by molar-refractivity contribution is 5.93. The summed E-state index contributed by atoms with van der Waals surface area (Å²) in [5, 5.41) is 6.13. The molecule has 0 aliphatic carbocycles. The lowest BCUT2D eigenvalue weighted by atomic mass is 10.2. The summed E-state index contributed by atoms with van der Waals surface area (Å²) in [5.74, 6) is -0.112. The van der Waals surface area contributed by atoms with E-state index < -0.39 is 0 Å². The van der Waals surface area contributed by atoms with Gasteiger partial charge in [-0.1, -0.05) is 5.16 Å². The van der Waals surface area contributed by atoms with E-state index in [1.807, 2.05) is 0 Å². The van der Waals surface area contributed by atoms with Crippen LogP contribution in [0, 0.1) is 0 Å². The number of amides is 2. The number of hydrogen-bond acceptors (Lipinski definition) is 5. The van der Waals surface area contributed by atoms with Crippen molar-refractivity contribution < 1.29 is 18.8 Å². The van der Waals surface area contributed by atoms with Crippen molar-refractivity contribution in [1.29, 1.82) is 0 Å². The van der Waals surface area contributed by atoms with E-state index in [-0.39, 0.29) is 24.5 Å². The number of carbonyl (C=O) groups is 2. The number of nitrogens with zero attached hydrogens (tertiary/aromatic N) is 2. The molecule has 104 valence electrons. The Kier molecular flexibility index (Phi) is 4.51. The smallest absolute Gasteiger partial charge is 0.245 e. The number of nitrogens with one attached hydrogen (secondary N) is 1. The summed E-state index contributed by atoms with van der Waals surface area (Å²) < 4.78 is 10.1. The van der Waals surface area contributed by atoms with Gasteiger partial charge in [0.1, 0.15) is 6.26 Å². The molecule has 2 rings (SSSR count). The Morgan fingerprint density at radius 3 is 3.00 bits per heavy atom. The van der Waals surface area contributed by atoms with Crippen molar-refractivity contribution in [2.75, 3.05) is 25.0 Å². The standard InChI is InChI=1S/C12H17N3O4/c1-9(16)15(7-10-3-2-5-18-10)8-12(17)13-11-4-6-19-14-11/h4,6,10H,2-3,5,7-8H2,1H3,(H,13,14,17)/t10-/m1/s1. The molecule has 19 heavy (non-hydrogen) atoms. The molecule has 1 saturated heterocycles. The third-order valence-electron chi connectivity index (χ3n) is 2.93. The molecule has 1 aliphatic heterocycles. The molecule has 1 aliphatic rings. The first kappa shape index (κ1) is 13.5. The fraction of sp³-hybridized carbons (Fsp3) is 0.583. The average Bonchev–Trinajstić information content (AvgIpc) is 3.00. The zero-order chi connectivity index (χ0) is 13.7. The third kappa shape index (κ3) is 4.06. The Morgan fingerprint density at radius 1 is 1.58 bits per heavy atom. The van der Waals surface area contributed by atoms with E-state index in [0.29, 0.717) is 12.4 Å². The Bertz CT molecular complexity index is 426. The number of rotatable bonds is 5. The van der Waals surface area contributed by atoms with Crippen LogP contribution in [0.1, 0.15) is 19.8 Å². The monoisotopic (exact) mass is 267 g/mol. The highest BCUT2D eigenvalue weighted by atomic mass is 16.5. The second kappa shape index (κ2) is 6.33. The SMILES string of the molecule is CC(=O)N(CC(=O)Nc1ccon1)C[C@H]1CCCO1. The van der Waals surface area contributed by atoms with Gasteiger partial charge in [-0.15, -0.1) is 0 Å². The number of carbonyl (C=O) groups excluding carboxylic acids is 2. The Morgan fingerprint density at radius 2 is 2.42 bits per heavy atom. The molecule has 2 amide bonds. The first-order valence-corrected chi connectivity index (χ1v) is 6.22. The minimum atomic E-state index is -0.304. The van der Waals surface area contributed by atoms with Crippen molar-refractivity contribution in [1.82, 2.24) is 10.1 Å². The first-order valence-electron chi connectivity index (χ1n) is 6.22. The van der Waals surface area contributed by atoms with E-state index in [1.54, 1.807) is 0 Å². The summed E-state index contributed by atoms with van der Waals surface area (Å²) in [5.41, 5.74) is 0. The van der Waals surface area contributed by atoms with Gasteiger partial charge in [0.2, 0.25) is 11.8 Å². The summed E-state index contributed by atoms with van der Waals surface area (Å²) in [6, 6.07) is 1.54. The van der Waals surface area contributed by atoms with E-state index in [2.05, 4.69) is 15.0 Å². The van der Waals surface area contributed by atoms with E-state index >= 15 is 0 Å². The minimum Gasteiger partial charge on any atom is -0.376 e. The molecule has 0 unspecified atom stereocenters. The lowest BCUT2D eigenvalue weighted by Crippen LogP contribution is -2.41. The summed E-state index contributed by atoms with van der Waals surface area (Å²) in [4.78, 5) is 24.8. The maximum Gasteiger partial charge on any atom is 0.245 e. The third-order valence-corrected chi connectivity index (χ3v) is 2.93. The van der Waals surface area contributed by atoms with Gasteiger partial charge in [-0.3, -0.25) is 9.59 Å². The molecule has 7 heteroatoms. The zero-order valence-electron chi connectivity index (χ0n) is 10.8. The van der Waals surface area contributed by atoms with Gasteiger partial charge in [-0.05, 0) is 12.8 Å². The molecule has 0 spiro atoms. The Balaban J connectivity index is 1.85. The van der Waals surface area contributed by atoms with Crippen molar-refractivity contribution in [3.05, 3.63) is 12.3 Å². The van der Waals surface area contributed by atoms with Gasteiger partial charge >= 0.3 is 0 Å². The van der Waals surface area contributed by atoms with Crippen molar-refractivity contribution in [2.24, 2.45) is 0 Å². The van der Waals surface area contributed by atoms with Gasteiger partial charge < -0.3 is 19.5 Å². The molecule has 7 nitrogen and oxygen atoms in total. The second-order valence-electron chi connectivity index (χ2n) is 4.47. The molecule has 1 atom stereocenters. The Labute approximate surface area is 110 Å². The summed E-state index contributed by atoms with van der Waals surface area (Å²) in [6.45, 7) is 2.60. The summed E-state index contributed by atoms with van der Waals surface area (Å²) in [7, 11) is 0. The van der Waals surface area contributed by atoms with Crippen molar-refractivity contribution >= 4 is 17.6 Å². The highest BCUT2D eigenvalue weighted by Crippen LogP contribution is 2.13. The molecule has 1 aromatic rings. The lowest BCUT2D eigenvalue weighted by Gasteiger charge is -2.23. The topological polar surface area (TPSA) is 84.7 Å². The predicted molar refractivity (Wildman–Crippen MR) is 66.4 cm³/mol. The molecule has 0 radical (unpaired) electrons. The molecule has 0 bridgehead atoms. The molecule has 1 aromatic heterocycles. The fourth-order valence-electron chi connectivity index (χ4n) is 1.97. The van der Waals surface area contributed by atoms with Crippen LogP contribution in [0.4, 0.5) is 5.82 Å². The lowest BCUT2D eigenvalue weighted by molar-refractivity contribution is -0.134. The number of aromatic nitrogens is 1. The zero-order valence-corrected chi connectivity index (χ0v) is 10.8. The van der Waals surface area contributed by atoms with Gasteiger partial charge in [-0.25, -0.2) is 0 Å². The maximum atomic E-state index is 11.8. The van der Waals surface area contributed by atoms with Crippen molar-refractivity contribution in [3.63, 3.8) is 0 Å². The number of hydrogen-bond donors (Lipinski definition) is 1. The molecule has 1 fully saturated rings. The molecular weight excluding hydrogens is 250 g/mol. The summed E-state index contributed by atoms with van der Waals surface area (Å²) >= 11 is 0. The first-order chi connectivity index (χ1) is 9.15. The van der Waals surface area contributed by atoms with Crippen LogP contribution >= 0.6 is 0 Å². The second-order valence-corrected chi connectivity index (χ2v) is 4.47. The predicted octanol–water partition coefficient (Wildman–Crippen LogP) is 0.641. The molecule has 0 saturated carbocycles. The van der Waals surface area contributed by atoms with Crippen LogP contribution in [0.3, 0.4) is 0 Å². The average molecular weight is 267 g/mol. The fourth-order valence-corrected chi connectivity index (χ4v) is 1.97. The summed E-state index contributed by atoms with van der Waals surface area (Å²) in [6.07, 6.45) is 3.32. The molecular formula is C12H17N3O4. The molecule has 1 N–H and O–H groups in total. The van der Waals surface area contributed by atoms with E-state index in [9.17, 15) is 9.59 Å². The van der Waals surface area contributed by atoms with Gasteiger partial charge in [0.25, 0.3) is 0 Å². The minimum absolute atomic E-state index is 0.0119. The van der Waals surface area contributed by atoms with Crippen LogP contribution in [0.2, 0.25) is 0 Å². The van der Waals surface area contributed by atoms with Crippen molar-refractivity contribution in [3.8, 4) is 0 Å². The van der Waals surface area contributed by atoms with E-state index in [4.69, 9.17) is 4.74 Å². The molecule has 0 aromatic carbocycles. The van der Waals surface area contributed by atoms with E-state index in [0.717, 1.165) is 19.4 Å². The van der Waals surface area contributed by atoms with Crippen LogP contribution in [-0.2, 0) is 14.3 Å². The van der Waals surface area contributed by atoms with E-state index in [1.165, 1.54) is 24.2 Å². The van der Waals surface area contributed by atoms with Crippen LogP contribution in [-0.4, -0.2) is 47.7 Å². The normalized spacial score (nSPS) is 18.3. The number of ether oxygens (including phenoxy) is 1. The van der Waals surface area contributed by atoms with Crippen LogP contribution in [0.15, 0.2) is 16.9 Å². The largest absolute Gasteiger partial charge is 0.376 e. The van der Waals surface area contributed by atoms with Crippen molar-refractivity contribution in [2.45, 2.75) is 25.9 Å². The van der Waals surface area contributed by atoms with Gasteiger partial charge in [0.05, 0.1) is 12.6 Å². The maximum absolute atomic E-state index is 11.8. The number of anilines is 1. The van der Waals surface area contributed by atoms with Gasteiger partial charge in [0, 0.05) is 26.1 Å². The van der Waals surface area contributed by atoms with Gasteiger partial charge in [0.15, 0.2) is 5.82 Å². The van der Waals surface area contributed by atoms with Crippen LogP contribution < -0.4 is 5.32 Å². The van der Waals surface area contributed by atoms with Crippen LogP contribution in [0.25, 0.3) is 0 Å².